The smallest absolute Gasteiger partial charge is 0.0125 e. The average molecular weight is 182 g/mol. The molecule has 76 valence electrons. The van der Waals surface area contributed by atoms with Gasteiger partial charge in [0.05, 0.1) is 0 Å². The topological polar surface area (TPSA) is 24.1 Å². The molecule has 0 aliphatic carbocycles. The van der Waals surface area contributed by atoms with Crippen LogP contribution in [0.15, 0.2) is 0 Å². The monoisotopic (exact) mass is 182 g/mol. The van der Waals surface area contributed by atoms with Gasteiger partial charge >= 0.3 is 0 Å². The summed E-state index contributed by atoms with van der Waals surface area (Å²) in [6.07, 6.45) is 5.51. The van der Waals surface area contributed by atoms with Gasteiger partial charge in [0.15, 0.2) is 0 Å². The summed E-state index contributed by atoms with van der Waals surface area (Å²) >= 11 is 0. The van der Waals surface area contributed by atoms with E-state index in [0.29, 0.717) is 11.0 Å². The molecule has 0 unspecified atom stereocenters. The molecule has 2 nitrogen and oxygen atoms in total. The predicted molar refractivity (Wildman–Crippen MR) is 55.9 cm³/mol. The normalized spacial score (nSPS) is 31.8. The van der Waals surface area contributed by atoms with Crippen molar-refractivity contribution in [3.8, 4) is 0 Å². The number of hydrogen-bond donors (Lipinski definition) is 2. The number of hydrogen-bond acceptors (Lipinski definition) is 2. The van der Waals surface area contributed by atoms with Crippen molar-refractivity contribution in [2.45, 2.75) is 45.1 Å². The molecule has 0 saturated carbocycles. The first-order chi connectivity index (χ1) is 6.12. The van der Waals surface area contributed by atoms with E-state index >= 15 is 0 Å². The molecular weight excluding hydrogens is 160 g/mol. The van der Waals surface area contributed by atoms with Gasteiger partial charge in [0, 0.05) is 12.1 Å². The third kappa shape index (κ3) is 2.05. The first kappa shape index (κ1) is 9.47. The van der Waals surface area contributed by atoms with E-state index in [1.54, 1.807) is 0 Å². The van der Waals surface area contributed by atoms with Crippen molar-refractivity contribution in [3.63, 3.8) is 0 Å². The van der Waals surface area contributed by atoms with Crippen molar-refractivity contribution in [1.82, 2.24) is 10.6 Å². The van der Waals surface area contributed by atoms with Crippen LogP contribution in [-0.4, -0.2) is 25.2 Å². The van der Waals surface area contributed by atoms with E-state index in [9.17, 15) is 0 Å². The summed E-state index contributed by atoms with van der Waals surface area (Å²) in [6.45, 7) is 8.33. The molecule has 2 heteroatoms. The Bertz CT molecular complexity index is 169. The van der Waals surface area contributed by atoms with Gasteiger partial charge in [0.2, 0.25) is 0 Å². The van der Waals surface area contributed by atoms with Gasteiger partial charge in [-0.3, -0.25) is 0 Å². The summed E-state index contributed by atoms with van der Waals surface area (Å²) in [5.74, 6) is 0. The maximum Gasteiger partial charge on any atom is 0.0125 e. The zero-order valence-corrected chi connectivity index (χ0v) is 8.95. The zero-order chi connectivity index (χ0) is 9.36. The fourth-order valence-electron chi connectivity index (χ4n) is 2.57. The standard InChI is InChI=1S/C11H22N2/c1-10(2)3-4-11(9-13-10)5-7-12-8-6-11/h12-13H,3-9H2,1-2H3. The van der Waals surface area contributed by atoms with E-state index < -0.39 is 0 Å². The lowest BCUT2D eigenvalue weighted by molar-refractivity contribution is 0.102. The summed E-state index contributed by atoms with van der Waals surface area (Å²) < 4.78 is 0. The van der Waals surface area contributed by atoms with Crippen LogP contribution < -0.4 is 10.6 Å². The summed E-state index contributed by atoms with van der Waals surface area (Å²) in [4.78, 5) is 0. The van der Waals surface area contributed by atoms with E-state index in [0.717, 1.165) is 0 Å². The molecule has 2 rings (SSSR count). The number of rotatable bonds is 0. The van der Waals surface area contributed by atoms with E-state index in [1.165, 1.54) is 45.3 Å². The van der Waals surface area contributed by atoms with Crippen LogP contribution in [0, 0.1) is 5.41 Å². The van der Waals surface area contributed by atoms with Gasteiger partial charge in [-0.25, -0.2) is 0 Å². The minimum Gasteiger partial charge on any atom is -0.317 e. The van der Waals surface area contributed by atoms with Crippen molar-refractivity contribution in [2.75, 3.05) is 19.6 Å². The van der Waals surface area contributed by atoms with Gasteiger partial charge in [0.25, 0.3) is 0 Å². The molecule has 0 aromatic heterocycles. The van der Waals surface area contributed by atoms with Crippen LogP contribution in [-0.2, 0) is 0 Å². The molecule has 0 radical (unpaired) electrons. The Morgan fingerprint density at radius 2 is 1.62 bits per heavy atom. The second kappa shape index (κ2) is 3.25. The van der Waals surface area contributed by atoms with Crippen LogP contribution in [0.3, 0.4) is 0 Å². The lowest BCUT2D eigenvalue weighted by Crippen LogP contribution is -2.54. The Hall–Kier alpha value is -0.0800. The van der Waals surface area contributed by atoms with E-state index in [-0.39, 0.29) is 0 Å². The average Bonchev–Trinajstić information content (AvgIpc) is 2.13. The summed E-state index contributed by atoms with van der Waals surface area (Å²) in [7, 11) is 0. The molecule has 2 fully saturated rings. The SMILES string of the molecule is CC1(C)CCC2(CCNCC2)CN1. The molecule has 2 N–H and O–H groups in total. The van der Waals surface area contributed by atoms with Crippen molar-refractivity contribution >= 4 is 0 Å². The van der Waals surface area contributed by atoms with Gasteiger partial charge in [0.1, 0.15) is 0 Å². The van der Waals surface area contributed by atoms with Gasteiger partial charge in [-0.1, -0.05) is 0 Å². The highest BCUT2D eigenvalue weighted by molar-refractivity contribution is 4.95. The first-order valence-electron chi connectivity index (χ1n) is 5.58. The Morgan fingerprint density at radius 1 is 0.923 bits per heavy atom. The highest BCUT2D eigenvalue weighted by Crippen LogP contribution is 2.38. The summed E-state index contributed by atoms with van der Waals surface area (Å²) in [6, 6.07) is 0. The molecule has 0 aromatic rings. The van der Waals surface area contributed by atoms with Gasteiger partial charge in [-0.15, -0.1) is 0 Å². The van der Waals surface area contributed by atoms with Crippen LogP contribution in [0.1, 0.15) is 39.5 Å². The zero-order valence-electron chi connectivity index (χ0n) is 8.95. The van der Waals surface area contributed by atoms with Crippen molar-refractivity contribution in [1.29, 1.82) is 0 Å². The van der Waals surface area contributed by atoms with Crippen molar-refractivity contribution in [3.05, 3.63) is 0 Å². The molecule has 0 bridgehead atoms. The molecule has 2 aliphatic heterocycles. The third-order valence-corrected chi connectivity index (χ3v) is 3.89. The van der Waals surface area contributed by atoms with Crippen molar-refractivity contribution < 1.29 is 0 Å². The fourth-order valence-corrected chi connectivity index (χ4v) is 2.57. The fraction of sp³-hybridized carbons (Fsp3) is 1.00. The predicted octanol–water partition coefficient (Wildman–Crippen LogP) is 1.52. The van der Waals surface area contributed by atoms with Crippen molar-refractivity contribution in [2.24, 2.45) is 5.41 Å². The third-order valence-electron chi connectivity index (χ3n) is 3.89. The molecule has 13 heavy (non-hydrogen) atoms. The summed E-state index contributed by atoms with van der Waals surface area (Å²) in [5, 5.41) is 7.14. The molecule has 1 spiro atoms. The second-order valence-corrected chi connectivity index (χ2v) is 5.49. The Kier molecular flexibility index (Phi) is 2.37. The minimum atomic E-state index is 0.385. The Morgan fingerprint density at radius 3 is 2.15 bits per heavy atom. The van der Waals surface area contributed by atoms with Gasteiger partial charge in [-0.05, 0) is 58.0 Å². The van der Waals surface area contributed by atoms with Crippen LogP contribution in [0.2, 0.25) is 0 Å². The lowest BCUT2D eigenvalue weighted by atomic mass is 9.70. The largest absolute Gasteiger partial charge is 0.317 e. The highest BCUT2D eigenvalue weighted by Gasteiger charge is 2.38. The van der Waals surface area contributed by atoms with E-state index in [1.807, 2.05) is 0 Å². The first-order valence-corrected chi connectivity index (χ1v) is 5.58. The Balaban J connectivity index is 1.95. The van der Waals surface area contributed by atoms with Gasteiger partial charge < -0.3 is 10.6 Å². The highest BCUT2D eigenvalue weighted by atomic mass is 15.0. The molecule has 2 saturated heterocycles. The number of piperidine rings is 2. The van der Waals surface area contributed by atoms with E-state index in [2.05, 4.69) is 24.5 Å². The second-order valence-electron chi connectivity index (χ2n) is 5.49. The molecule has 0 amide bonds. The lowest BCUT2D eigenvalue weighted by Gasteiger charge is -2.46. The van der Waals surface area contributed by atoms with Crippen LogP contribution >= 0.6 is 0 Å². The summed E-state index contributed by atoms with van der Waals surface area (Å²) in [5.41, 5.74) is 1.02. The molecule has 2 aliphatic rings. The van der Waals surface area contributed by atoms with Crippen LogP contribution in [0.25, 0.3) is 0 Å². The van der Waals surface area contributed by atoms with Crippen LogP contribution in [0.5, 0.6) is 0 Å². The molecular formula is C11H22N2. The minimum absolute atomic E-state index is 0.385. The van der Waals surface area contributed by atoms with Crippen LogP contribution in [0.4, 0.5) is 0 Å². The quantitative estimate of drug-likeness (QED) is 0.593. The van der Waals surface area contributed by atoms with Gasteiger partial charge in [-0.2, -0.15) is 0 Å². The van der Waals surface area contributed by atoms with E-state index in [4.69, 9.17) is 0 Å². The maximum absolute atomic E-state index is 3.69. The molecule has 0 aromatic carbocycles. The molecule has 0 atom stereocenters. The molecule has 2 heterocycles. The number of nitrogens with one attached hydrogen (secondary N) is 2. The maximum atomic E-state index is 3.69. The Labute approximate surface area is 81.5 Å².